The van der Waals surface area contributed by atoms with E-state index in [2.05, 4.69) is 71.8 Å². The van der Waals surface area contributed by atoms with Crippen molar-refractivity contribution in [3.8, 4) is 0 Å². The lowest BCUT2D eigenvalue weighted by atomic mass is 10.5. The maximum atomic E-state index is 10.8. The van der Waals surface area contributed by atoms with E-state index in [-0.39, 0.29) is 5.91 Å². The Kier molecular flexibility index (Phi) is 26.3. The first kappa shape index (κ1) is 24.0. The normalized spacial score (nSPS) is 9.90. The van der Waals surface area contributed by atoms with Gasteiger partial charge in [0.25, 0.3) is 0 Å². The highest BCUT2D eigenvalue weighted by atomic mass is 32.1. The summed E-state index contributed by atoms with van der Waals surface area (Å²) in [5.41, 5.74) is 0. The van der Waals surface area contributed by atoms with E-state index in [9.17, 15) is 4.79 Å². The van der Waals surface area contributed by atoms with Crippen molar-refractivity contribution < 1.29 is 4.79 Å². The van der Waals surface area contributed by atoms with Crippen molar-refractivity contribution >= 4 is 56.4 Å². The molecule has 0 aromatic heterocycles. The Morgan fingerprint density at radius 2 is 1.05 bits per heavy atom. The van der Waals surface area contributed by atoms with Crippen LogP contribution in [0.2, 0.25) is 0 Å². The van der Waals surface area contributed by atoms with Crippen molar-refractivity contribution in [2.24, 2.45) is 0 Å². The minimum atomic E-state index is 0.0147. The lowest BCUT2D eigenvalue weighted by Gasteiger charge is -2.03. The van der Waals surface area contributed by atoms with Crippen LogP contribution in [0.1, 0.15) is 0 Å². The van der Waals surface area contributed by atoms with Crippen LogP contribution in [0.25, 0.3) is 0 Å². The van der Waals surface area contributed by atoms with E-state index in [0.717, 1.165) is 50.0 Å². The van der Waals surface area contributed by atoms with E-state index in [1.54, 1.807) is 0 Å². The fraction of sp³-hybridized carbons (Fsp3) is 0.917. The van der Waals surface area contributed by atoms with E-state index >= 15 is 0 Å². The van der Waals surface area contributed by atoms with Gasteiger partial charge in [-0.15, -0.1) is 0 Å². The highest BCUT2D eigenvalue weighted by molar-refractivity contribution is 7.80. The summed E-state index contributed by atoms with van der Waals surface area (Å²) in [5.74, 6) is 3.26. The molecule has 9 heteroatoms. The van der Waals surface area contributed by atoms with Crippen LogP contribution in [0.4, 0.5) is 0 Å². The molecule has 0 aromatic rings. The minimum absolute atomic E-state index is 0.0147. The first-order valence-electron chi connectivity index (χ1n) is 7.05. The van der Waals surface area contributed by atoms with Crippen molar-refractivity contribution in [2.45, 2.75) is 0 Å². The Hall–Kier alpha value is 0.750. The molecule has 0 rings (SSSR count). The van der Waals surface area contributed by atoms with E-state index in [0.29, 0.717) is 18.8 Å². The highest BCUT2D eigenvalue weighted by Crippen LogP contribution is 1.71. The Bertz CT molecular complexity index is 206. The average molecular weight is 375 g/mol. The van der Waals surface area contributed by atoms with E-state index < -0.39 is 0 Å². The third kappa shape index (κ3) is 26.0. The number of rotatable bonds is 13. The molecule has 0 bridgehead atoms. The highest BCUT2D eigenvalue weighted by Gasteiger charge is 1.96. The number of carbonyl (C=O) groups is 1. The number of nitrogens with one attached hydrogen (secondary N) is 4. The molecular weight excluding hydrogens is 344 g/mol. The molecule has 0 aliphatic carbocycles. The van der Waals surface area contributed by atoms with Crippen LogP contribution in [0, 0.1) is 0 Å². The van der Waals surface area contributed by atoms with Gasteiger partial charge in [-0.05, 0) is 0 Å². The SMILES string of the molecule is O=C(CNCCS)NCCS.SCCNCCNCCS. The van der Waals surface area contributed by atoms with Crippen LogP contribution < -0.4 is 21.3 Å². The fourth-order valence-electron chi connectivity index (χ4n) is 1.12. The van der Waals surface area contributed by atoms with E-state index in [4.69, 9.17) is 0 Å². The van der Waals surface area contributed by atoms with E-state index in [1.807, 2.05) is 0 Å². The van der Waals surface area contributed by atoms with Gasteiger partial charge in [-0.2, -0.15) is 50.5 Å². The van der Waals surface area contributed by atoms with Crippen LogP contribution in [-0.4, -0.2) is 74.7 Å². The quantitative estimate of drug-likeness (QED) is 0.167. The van der Waals surface area contributed by atoms with E-state index in [1.165, 1.54) is 0 Å². The lowest BCUT2D eigenvalue weighted by molar-refractivity contribution is -0.120. The molecule has 0 unspecified atom stereocenters. The third-order valence-electron chi connectivity index (χ3n) is 2.06. The molecule has 0 spiro atoms. The van der Waals surface area contributed by atoms with Crippen LogP contribution in [0.3, 0.4) is 0 Å². The molecule has 0 radical (unpaired) electrons. The average Bonchev–Trinajstić information content (AvgIpc) is 2.50. The third-order valence-corrected chi connectivity index (χ3v) is 2.96. The molecule has 0 saturated carbocycles. The summed E-state index contributed by atoms with van der Waals surface area (Å²) in [4.78, 5) is 10.8. The molecule has 4 N–H and O–H groups in total. The Labute approximate surface area is 151 Å². The zero-order valence-electron chi connectivity index (χ0n) is 12.5. The summed E-state index contributed by atoms with van der Waals surface area (Å²) in [7, 11) is 0. The first-order valence-corrected chi connectivity index (χ1v) is 9.58. The number of amides is 1. The smallest absolute Gasteiger partial charge is 0.233 e. The monoisotopic (exact) mass is 374 g/mol. The van der Waals surface area contributed by atoms with Gasteiger partial charge < -0.3 is 21.3 Å². The predicted octanol–water partition coefficient (Wildman–Crippen LogP) is -0.423. The second kappa shape index (κ2) is 23.0. The molecule has 0 heterocycles. The Balaban J connectivity index is 0. The summed E-state index contributed by atoms with van der Waals surface area (Å²) in [5, 5.41) is 12.1. The molecule has 21 heavy (non-hydrogen) atoms. The zero-order valence-corrected chi connectivity index (χ0v) is 16.1. The van der Waals surface area contributed by atoms with Crippen molar-refractivity contribution in [3.05, 3.63) is 0 Å². The maximum Gasteiger partial charge on any atom is 0.233 e. The number of carbonyl (C=O) groups excluding carboxylic acids is 1. The molecule has 1 amide bonds. The lowest BCUT2D eigenvalue weighted by Crippen LogP contribution is -2.35. The van der Waals surface area contributed by atoms with Crippen LogP contribution in [0.15, 0.2) is 0 Å². The van der Waals surface area contributed by atoms with Gasteiger partial charge in [-0.1, -0.05) is 0 Å². The van der Waals surface area contributed by atoms with Gasteiger partial charge in [0.05, 0.1) is 6.54 Å². The van der Waals surface area contributed by atoms with Gasteiger partial charge in [-0.3, -0.25) is 4.79 Å². The second-order valence-corrected chi connectivity index (χ2v) is 5.71. The molecule has 0 fully saturated rings. The van der Waals surface area contributed by atoms with Gasteiger partial charge in [0.1, 0.15) is 0 Å². The zero-order chi connectivity index (χ0) is 16.2. The molecule has 0 saturated heterocycles. The number of thiol groups is 4. The molecule has 128 valence electrons. The van der Waals surface area contributed by atoms with Gasteiger partial charge in [0, 0.05) is 62.3 Å². The largest absolute Gasteiger partial charge is 0.354 e. The summed E-state index contributed by atoms with van der Waals surface area (Å²) in [6, 6.07) is 0. The summed E-state index contributed by atoms with van der Waals surface area (Å²) >= 11 is 16.1. The molecular formula is C12H30N4OS4. The number of hydrogen-bond acceptors (Lipinski definition) is 8. The standard InChI is InChI=1S/C6H14N2OS2.C6H16N2S2/c9-6(8-2-4-11)5-7-1-3-10;9-5-3-7-1-2-8-4-6-10/h7,10-11H,1-5H2,(H,8,9);7-10H,1-6H2. The van der Waals surface area contributed by atoms with Crippen LogP contribution >= 0.6 is 50.5 Å². The maximum absolute atomic E-state index is 10.8. The van der Waals surface area contributed by atoms with Gasteiger partial charge in [0.15, 0.2) is 0 Å². The summed E-state index contributed by atoms with van der Waals surface area (Å²) < 4.78 is 0. The molecule has 0 aliphatic heterocycles. The van der Waals surface area contributed by atoms with Gasteiger partial charge >= 0.3 is 0 Å². The van der Waals surface area contributed by atoms with Crippen molar-refractivity contribution in [2.75, 3.05) is 68.8 Å². The van der Waals surface area contributed by atoms with Crippen LogP contribution in [0.5, 0.6) is 0 Å². The molecule has 0 aliphatic rings. The number of hydrogen-bond donors (Lipinski definition) is 8. The van der Waals surface area contributed by atoms with Crippen LogP contribution in [-0.2, 0) is 4.79 Å². The van der Waals surface area contributed by atoms with Crippen molar-refractivity contribution in [3.63, 3.8) is 0 Å². The predicted molar refractivity (Wildman–Crippen MR) is 107 cm³/mol. The van der Waals surface area contributed by atoms with Gasteiger partial charge in [-0.25, -0.2) is 0 Å². The summed E-state index contributed by atoms with van der Waals surface area (Å²) in [6.45, 7) is 5.79. The van der Waals surface area contributed by atoms with Crippen molar-refractivity contribution in [1.29, 1.82) is 0 Å². The molecule has 5 nitrogen and oxygen atoms in total. The van der Waals surface area contributed by atoms with Gasteiger partial charge in [0.2, 0.25) is 5.91 Å². The molecule has 0 atom stereocenters. The first-order chi connectivity index (χ1) is 10.2. The Morgan fingerprint density at radius 1 is 0.619 bits per heavy atom. The Morgan fingerprint density at radius 3 is 1.48 bits per heavy atom. The topological polar surface area (TPSA) is 65.2 Å². The summed E-state index contributed by atoms with van der Waals surface area (Å²) in [6.07, 6.45) is 0. The minimum Gasteiger partial charge on any atom is -0.354 e. The molecule has 0 aromatic carbocycles. The second-order valence-electron chi connectivity index (χ2n) is 3.92. The fourth-order valence-corrected chi connectivity index (χ4v) is 1.71. The van der Waals surface area contributed by atoms with Crippen molar-refractivity contribution in [1.82, 2.24) is 21.3 Å².